The first-order chi connectivity index (χ1) is 8.54. The molecule has 1 aliphatic rings. The molecule has 2 heterocycles. The van der Waals surface area contributed by atoms with Gasteiger partial charge < -0.3 is 19.7 Å². The first-order valence-corrected chi connectivity index (χ1v) is 5.88. The lowest BCUT2D eigenvalue weighted by Gasteiger charge is -2.39. The van der Waals surface area contributed by atoms with Gasteiger partial charge >= 0.3 is 12.0 Å². The molecule has 1 fully saturated rings. The Balaban J connectivity index is 2.26. The van der Waals surface area contributed by atoms with Crippen LogP contribution in [0.1, 0.15) is 13.8 Å². The molecule has 0 atom stereocenters. The van der Waals surface area contributed by atoms with Crippen LogP contribution in [0, 0.1) is 0 Å². The van der Waals surface area contributed by atoms with Gasteiger partial charge in [0.15, 0.2) is 0 Å². The van der Waals surface area contributed by atoms with Gasteiger partial charge in [0, 0.05) is 25.2 Å². The molecule has 1 N–H and O–H groups in total. The number of nitrogens with one attached hydrogen (secondary N) is 1. The van der Waals surface area contributed by atoms with Crippen molar-refractivity contribution in [2.24, 2.45) is 0 Å². The van der Waals surface area contributed by atoms with Crippen molar-refractivity contribution < 1.29 is 9.47 Å². The molecule has 7 nitrogen and oxygen atoms in total. The molecular formula is C11H19N5O2. The summed E-state index contributed by atoms with van der Waals surface area (Å²) < 4.78 is 10.1. The lowest BCUT2D eigenvalue weighted by atomic mass is 10.0. The summed E-state index contributed by atoms with van der Waals surface area (Å²) in [6, 6.07) is 0.543. The van der Waals surface area contributed by atoms with Crippen LogP contribution in [0.25, 0.3) is 0 Å². The minimum absolute atomic E-state index is 0.0331. The second kappa shape index (κ2) is 4.93. The van der Waals surface area contributed by atoms with Gasteiger partial charge in [0.25, 0.3) is 0 Å². The Hall–Kier alpha value is -1.63. The molecule has 18 heavy (non-hydrogen) atoms. The largest absolute Gasteiger partial charge is 0.467 e. The molecule has 1 aromatic heterocycles. The van der Waals surface area contributed by atoms with E-state index in [2.05, 4.69) is 39.0 Å². The van der Waals surface area contributed by atoms with Gasteiger partial charge in [-0.15, -0.1) is 4.98 Å². The number of hydrogen-bond donors (Lipinski definition) is 1. The van der Waals surface area contributed by atoms with Crippen molar-refractivity contribution >= 4 is 5.95 Å². The van der Waals surface area contributed by atoms with Crippen LogP contribution in [0.5, 0.6) is 12.0 Å². The van der Waals surface area contributed by atoms with E-state index in [4.69, 9.17) is 9.47 Å². The van der Waals surface area contributed by atoms with Crippen LogP contribution >= 0.6 is 0 Å². The van der Waals surface area contributed by atoms with E-state index in [-0.39, 0.29) is 17.6 Å². The first kappa shape index (κ1) is 12.8. The Labute approximate surface area is 107 Å². The van der Waals surface area contributed by atoms with Gasteiger partial charge in [-0.2, -0.15) is 9.97 Å². The highest BCUT2D eigenvalue weighted by molar-refractivity contribution is 5.34. The monoisotopic (exact) mass is 253 g/mol. The summed E-state index contributed by atoms with van der Waals surface area (Å²) in [5, 5.41) is 3.44. The molecule has 0 unspecified atom stereocenters. The lowest BCUT2D eigenvalue weighted by molar-refractivity contribution is 0.329. The first-order valence-electron chi connectivity index (χ1n) is 5.88. The summed E-state index contributed by atoms with van der Waals surface area (Å²) >= 11 is 0. The Morgan fingerprint density at radius 2 is 1.72 bits per heavy atom. The lowest BCUT2D eigenvalue weighted by Crippen LogP contribution is -2.57. The molecule has 0 aromatic carbocycles. The Morgan fingerprint density at radius 3 is 2.22 bits per heavy atom. The fourth-order valence-electron chi connectivity index (χ4n) is 1.96. The Bertz CT molecular complexity index is 402. The number of nitrogens with zero attached hydrogens (tertiary/aromatic N) is 4. The molecule has 0 spiro atoms. The van der Waals surface area contributed by atoms with E-state index in [1.54, 1.807) is 0 Å². The third-order valence-electron chi connectivity index (χ3n) is 2.80. The van der Waals surface area contributed by atoms with E-state index in [0.29, 0.717) is 5.95 Å². The number of hydrogen-bond acceptors (Lipinski definition) is 7. The molecule has 1 aromatic rings. The standard InChI is InChI=1S/C11H19N5O2/c1-11(2)7-16(6-5-12-11)8-13-9(17-3)15-10(14-8)18-4/h12H,5-7H2,1-4H3. The van der Waals surface area contributed by atoms with E-state index in [1.165, 1.54) is 14.2 Å². The highest BCUT2D eigenvalue weighted by atomic mass is 16.5. The quantitative estimate of drug-likeness (QED) is 0.817. The zero-order valence-corrected chi connectivity index (χ0v) is 11.2. The van der Waals surface area contributed by atoms with Crippen molar-refractivity contribution in [1.82, 2.24) is 20.3 Å². The fourth-order valence-corrected chi connectivity index (χ4v) is 1.96. The SMILES string of the molecule is COc1nc(OC)nc(N2CCNC(C)(C)C2)n1. The molecular weight excluding hydrogens is 234 g/mol. The van der Waals surface area contributed by atoms with E-state index >= 15 is 0 Å². The van der Waals surface area contributed by atoms with E-state index in [0.717, 1.165) is 19.6 Å². The zero-order valence-electron chi connectivity index (χ0n) is 11.2. The molecule has 0 amide bonds. The maximum atomic E-state index is 5.06. The van der Waals surface area contributed by atoms with Crippen molar-refractivity contribution in [2.45, 2.75) is 19.4 Å². The average Bonchev–Trinajstić information content (AvgIpc) is 2.37. The maximum absolute atomic E-state index is 5.06. The van der Waals surface area contributed by atoms with Gasteiger partial charge in [0.1, 0.15) is 0 Å². The molecule has 100 valence electrons. The van der Waals surface area contributed by atoms with Crippen LogP contribution in [0.3, 0.4) is 0 Å². The summed E-state index contributed by atoms with van der Waals surface area (Å²) in [4.78, 5) is 14.6. The van der Waals surface area contributed by atoms with Crippen molar-refractivity contribution in [3.63, 3.8) is 0 Å². The van der Waals surface area contributed by atoms with Crippen LogP contribution in [0.4, 0.5) is 5.95 Å². The summed E-state index contributed by atoms with van der Waals surface area (Å²) in [6.45, 7) is 6.86. The van der Waals surface area contributed by atoms with Crippen LogP contribution in [0.2, 0.25) is 0 Å². The van der Waals surface area contributed by atoms with E-state index in [1.807, 2.05) is 0 Å². The van der Waals surface area contributed by atoms with Crippen molar-refractivity contribution in [3.8, 4) is 12.0 Å². The number of methoxy groups -OCH3 is 2. The number of aromatic nitrogens is 3. The summed E-state index contributed by atoms with van der Waals surface area (Å²) in [5.41, 5.74) is 0.0331. The van der Waals surface area contributed by atoms with Gasteiger partial charge in [-0.25, -0.2) is 0 Å². The van der Waals surface area contributed by atoms with Crippen molar-refractivity contribution in [3.05, 3.63) is 0 Å². The Kier molecular flexibility index (Phi) is 3.51. The van der Waals surface area contributed by atoms with Gasteiger partial charge in [0.2, 0.25) is 5.95 Å². The molecule has 0 saturated carbocycles. The predicted molar refractivity (Wildman–Crippen MR) is 67.2 cm³/mol. The van der Waals surface area contributed by atoms with Crippen LogP contribution in [-0.2, 0) is 0 Å². The molecule has 0 bridgehead atoms. The number of ether oxygens (including phenoxy) is 2. The molecule has 1 saturated heterocycles. The zero-order chi connectivity index (χ0) is 13.2. The normalized spacial score (nSPS) is 18.6. The topological polar surface area (TPSA) is 72.4 Å². The van der Waals surface area contributed by atoms with E-state index in [9.17, 15) is 0 Å². The summed E-state index contributed by atoms with van der Waals surface area (Å²) in [6.07, 6.45) is 0. The van der Waals surface area contributed by atoms with Crippen molar-refractivity contribution in [2.75, 3.05) is 38.8 Å². The number of piperazine rings is 1. The van der Waals surface area contributed by atoms with Gasteiger partial charge in [-0.1, -0.05) is 0 Å². The minimum atomic E-state index is 0.0331. The summed E-state index contributed by atoms with van der Waals surface area (Å²) in [5.74, 6) is 0.591. The smallest absolute Gasteiger partial charge is 0.324 e. The average molecular weight is 253 g/mol. The molecule has 1 aliphatic heterocycles. The number of anilines is 1. The third kappa shape index (κ3) is 2.79. The maximum Gasteiger partial charge on any atom is 0.324 e. The summed E-state index contributed by atoms with van der Waals surface area (Å²) in [7, 11) is 3.06. The second-order valence-electron chi connectivity index (χ2n) is 4.84. The Morgan fingerprint density at radius 1 is 1.11 bits per heavy atom. The minimum Gasteiger partial charge on any atom is -0.467 e. The second-order valence-corrected chi connectivity index (χ2v) is 4.84. The highest BCUT2D eigenvalue weighted by Gasteiger charge is 2.27. The predicted octanol–water partition coefficient (Wildman–Crippen LogP) is 0.0770. The van der Waals surface area contributed by atoms with Crippen LogP contribution < -0.4 is 19.7 Å². The highest BCUT2D eigenvalue weighted by Crippen LogP contribution is 2.19. The van der Waals surface area contributed by atoms with Crippen LogP contribution in [0.15, 0.2) is 0 Å². The fraction of sp³-hybridized carbons (Fsp3) is 0.727. The third-order valence-corrected chi connectivity index (χ3v) is 2.80. The van der Waals surface area contributed by atoms with E-state index < -0.39 is 0 Å². The van der Waals surface area contributed by atoms with Crippen LogP contribution in [-0.4, -0.2) is 54.3 Å². The van der Waals surface area contributed by atoms with Crippen molar-refractivity contribution in [1.29, 1.82) is 0 Å². The molecule has 0 radical (unpaired) electrons. The molecule has 0 aliphatic carbocycles. The van der Waals surface area contributed by atoms with Gasteiger partial charge in [-0.3, -0.25) is 0 Å². The van der Waals surface area contributed by atoms with Gasteiger partial charge in [0.05, 0.1) is 14.2 Å². The molecule has 7 heteroatoms. The molecule has 2 rings (SSSR count). The van der Waals surface area contributed by atoms with Gasteiger partial charge in [-0.05, 0) is 13.8 Å². The number of rotatable bonds is 3.